The van der Waals surface area contributed by atoms with E-state index in [1.165, 1.54) is 0 Å². The van der Waals surface area contributed by atoms with Gasteiger partial charge in [0.1, 0.15) is 5.60 Å². The molecule has 1 fully saturated rings. The lowest BCUT2D eigenvalue weighted by atomic mass is 9.79. The van der Waals surface area contributed by atoms with Crippen molar-refractivity contribution in [3.8, 4) is 0 Å². The van der Waals surface area contributed by atoms with Crippen LogP contribution in [0.5, 0.6) is 0 Å². The number of Topliss-reactive ketones (excluding diaryl/α,β-unsaturated/α-hetero) is 1. The van der Waals surface area contributed by atoms with Crippen LogP contribution < -0.4 is 4.90 Å². The number of rotatable bonds is 7. The van der Waals surface area contributed by atoms with E-state index in [4.69, 9.17) is 4.74 Å². The van der Waals surface area contributed by atoms with E-state index in [1.807, 2.05) is 109 Å². The van der Waals surface area contributed by atoms with Crippen LogP contribution in [0.1, 0.15) is 24.0 Å². The summed E-state index contributed by atoms with van der Waals surface area (Å²) < 4.78 is 6.29. The molecule has 1 heterocycles. The van der Waals surface area contributed by atoms with Gasteiger partial charge in [-0.05, 0) is 48.2 Å². The maximum atomic E-state index is 13.9. The number of anilines is 2. The van der Waals surface area contributed by atoms with Crippen molar-refractivity contribution in [3.05, 3.63) is 132 Å². The second-order valence-electron chi connectivity index (χ2n) is 8.85. The molecule has 0 spiro atoms. The topological polar surface area (TPSA) is 46.6 Å². The molecule has 174 valence electrons. The Morgan fingerprint density at radius 2 is 1.17 bits per heavy atom. The zero-order valence-electron chi connectivity index (χ0n) is 19.4. The number of nitrogens with zero attached hydrogens (tertiary/aromatic N) is 1. The van der Waals surface area contributed by atoms with Crippen molar-refractivity contribution in [3.63, 3.8) is 0 Å². The summed E-state index contributed by atoms with van der Waals surface area (Å²) in [5.41, 5.74) is 2.53. The highest BCUT2D eigenvalue weighted by molar-refractivity contribution is 6.10. The first-order valence-electron chi connectivity index (χ1n) is 11.9. The number of carbonyl (C=O) groups excluding carboxylic acids is 2. The second-order valence-corrected chi connectivity index (χ2v) is 8.85. The lowest BCUT2D eigenvalue weighted by molar-refractivity contribution is -0.175. The highest BCUT2D eigenvalue weighted by Gasteiger charge is 2.50. The summed E-state index contributed by atoms with van der Waals surface area (Å²) in [6, 6.07) is 37.7. The number of ketones is 1. The molecule has 2 unspecified atom stereocenters. The molecule has 4 nitrogen and oxygen atoms in total. The minimum absolute atomic E-state index is 0.121. The van der Waals surface area contributed by atoms with Crippen LogP contribution in [0.25, 0.3) is 0 Å². The third-order valence-corrected chi connectivity index (χ3v) is 6.57. The summed E-state index contributed by atoms with van der Waals surface area (Å²) >= 11 is 0. The van der Waals surface area contributed by atoms with Crippen molar-refractivity contribution >= 4 is 23.1 Å². The lowest BCUT2D eigenvalue weighted by Gasteiger charge is -2.42. The highest BCUT2D eigenvalue weighted by Crippen LogP contribution is 2.41. The summed E-state index contributed by atoms with van der Waals surface area (Å²) in [6.45, 7) is 0. The molecular weight excluding hydrogens is 434 g/mol. The van der Waals surface area contributed by atoms with Gasteiger partial charge < -0.3 is 9.64 Å². The van der Waals surface area contributed by atoms with Crippen molar-refractivity contribution in [1.29, 1.82) is 0 Å². The number of hydrogen-bond donors (Lipinski definition) is 0. The van der Waals surface area contributed by atoms with Crippen LogP contribution in [0.2, 0.25) is 0 Å². The van der Waals surface area contributed by atoms with Gasteiger partial charge in [0.05, 0.1) is 6.42 Å². The molecular formula is C31H27NO3. The standard InChI is InChI=1S/C31H27NO3/c33-28-23-31(25-15-7-2-8-16-25,22-21-24-13-5-1-6-14-24)35-30(34)29(28)32(26-17-9-3-10-18-26)27-19-11-4-12-20-27/h1-20,29H,21-23H2. The molecule has 0 amide bonds. The smallest absolute Gasteiger partial charge is 0.337 e. The monoisotopic (exact) mass is 461 g/mol. The van der Waals surface area contributed by atoms with Gasteiger partial charge in [-0.25, -0.2) is 4.79 Å². The largest absolute Gasteiger partial charge is 0.452 e. The van der Waals surface area contributed by atoms with Crippen molar-refractivity contribution in [2.75, 3.05) is 4.90 Å². The molecule has 4 heteroatoms. The Morgan fingerprint density at radius 1 is 0.686 bits per heavy atom. The number of carbonyl (C=O) groups is 2. The van der Waals surface area contributed by atoms with Crippen LogP contribution in [0.15, 0.2) is 121 Å². The van der Waals surface area contributed by atoms with E-state index in [0.29, 0.717) is 12.8 Å². The second kappa shape index (κ2) is 9.98. The summed E-state index contributed by atoms with van der Waals surface area (Å²) in [5.74, 6) is -0.670. The van der Waals surface area contributed by atoms with Crippen LogP contribution in [0, 0.1) is 0 Å². The van der Waals surface area contributed by atoms with Gasteiger partial charge in [0, 0.05) is 11.4 Å². The van der Waals surface area contributed by atoms with Gasteiger partial charge >= 0.3 is 5.97 Å². The molecule has 0 aliphatic carbocycles. The van der Waals surface area contributed by atoms with Crippen LogP contribution >= 0.6 is 0 Å². The fourth-order valence-electron chi connectivity index (χ4n) is 4.85. The summed E-state index contributed by atoms with van der Waals surface area (Å²) in [6.07, 6.45) is 1.35. The number of benzene rings is 4. The van der Waals surface area contributed by atoms with Gasteiger partial charge in [0.2, 0.25) is 0 Å². The van der Waals surface area contributed by atoms with Gasteiger partial charge in [-0.3, -0.25) is 4.79 Å². The van der Waals surface area contributed by atoms with E-state index in [9.17, 15) is 9.59 Å². The Kier molecular flexibility index (Phi) is 6.44. The number of para-hydroxylation sites is 2. The normalized spacial score (nSPS) is 19.7. The van der Waals surface area contributed by atoms with E-state index in [0.717, 1.165) is 22.5 Å². The van der Waals surface area contributed by atoms with Gasteiger partial charge in [0.15, 0.2) is 11.8 Å². The van der Waals surface area contributed by atoms with Crippen molar-refractivity contribution in [2.24, 2.45) is 0 Å². The summed E-state index contributed by atoms with van der Waals surface area (Å²) in [4.78, 5) is 29.3. The van der Waals surface area contributed by atoms with Crippen molar-refractivity contribution in [1.82, 2.24) is 0 Å². The number of hydrogen-bond acceptors (Lipinski definition) is 4. The molecule has 0 aromatic heterocycles. The van der Waals surface area contributed by atoms with Crippen LogP contribution in [0.3, 0.4) is 0 Å². The molecule has 4 aromatic carbocycles. The van der Waals surface area contributed by atoms with E-state index in [1.54, 1.807) is 4.90 Å². The number of cyclic esters (lactones) is 1. The number of esters is 1. The Morgan fingerprint density at radius 3 is 1.69 bits per heavy atom. The van der Waals surface area contributed by atoms with Gasteiger partial charge in [-0.2, -0.15) is 0 Å². The van der Waals surface area contributed by atoms with Gasteiger partial charge in [0.25, 0.3) is 0 Å². The quantitative estimate of drug-likeness (QED) is 0.242. The zero-order valence-corrected chi connectivity index (χ0v) is 19.4. The van der Waals surface area contributed by atoms with E-state index in [2.05, 4.69) is 12.1 Å². The first-order chi connectivity index (χ1) is 17.2. The zero-order chi connectivity index (χ0) is 24.1. The maximum absolute atomic E-state index is 13.9. The van der Waals surface area contributed by atoms with E-state index in [-0.39, 0.29) is 12.2 Å². The fourth-order valence-corrected chi connectivity index (χ4v) is 4.85. The molecule has 0 saturated carbocycles. The van der Waals surface area contributed by atoms with Crippen molar-refractivity contribution in [2.45, 2.75) is 30.9 Å². The van der Waals surface area contributed by atoms with E-state index < -0.39 is 17.6 Å². The van der Waals surface area contributed by atoms with Gasteiger partial charge in [-0.15, -0.1) is 0 Å². The average Bonchev–Trinajstić information content (AvgIpc) is 2.92. The van der Waals surface area contributed by atoms with Crippen molar-refractivity contribution < 1.29 is 14.3 Å². The number of ether oxygens (including phenoxy) is 1. The first-order valence-corrected chi connectivity index (χ1v) is 11.9. The molecule has 35 heavy (non-hydrogen) atoms. The Bertz CT molecular complexity index is 1220. The maximum Gasteiger partial charge on any atom is 0.337 e. The Balaban J connectivity index is 1.51. The minimum atomic E-state index is -1.05. The van der Waals surface area contributed by atoms with Gasteiger partial charge in [-0.1, -0.05) is 97.1 Å². The Hall–Kier alpha value is -4.18. The van der Waals surface area contributed by atoms with E-state index >= 15 is 0 Å². The fraction of sp³-hybridized carbons (Fsp3) is 0.161. The molecule has 0 radical (unpaired) electrons. The summed E-state index contributed by atoms with van der Waals surface area (Å²) in [5, 5.41) is 0. The average molecular weight is 462 g/mol. The molecule has 0 N–H and O–H groups in total. The predicted molar refractivity (Wildman–Crippen MR) is 137 cm³/mol. The molecule has 1 aliphatic heterocycles. The summed E-state index contributed by atoms with van der Waals surface area (Å²) in [7, 11) is 0. The van der Waals surface area contributed by atoms with Crippen LogP contribution in [0.4, 0.5) is 11.4 Å². The SMILES string of the molecule is O=C1CC(CCc2ccccc2)(c2ccccc2)OC(=O)C1N(c1ccccc1)c1ccccc1. The predicted octanol–water partition coefficient (Wildman–Crippen LogP) is 6.24. The third kappa shape index (κ3) is 4.73. The molecule has 2 atom stereocenters. The molecule has 4 aromatic rings. The van der Waals surface area contributed by atoms with Crippen LogP contribution in [-0.4, -0.2) is 17.8 Å². The first kappa shape index (κ1) is 22.6. The Labute approximate surface area is 205 Å². The number of aryl methyl sites for hydroxylation is 1. The molecule has 1 saturated heterocycles. The minimum Gasteiger partial charge on any atom is -0.452 e. The highest BCUT2D eigenvalue weighted by atomic mass is 16.6. The molecule has 0 bridgehead atoms. The molecule has 1 aliphatic rings. The lowest BCUT2D eigenvalue weighted by Crippen LogP contribution is -2.55. The molecule has 5 rings (SSSR count). The third-order valence-electron chi connectivity index (χ3n) is 6.57. The van der Waals surface area contributed by atoms with Crippen LogP contribution in [-0.2, 0) is 26.3 Å².